The summed E-state index contributed by atoms with van der Waals surface area (Å²) in [6, 6.07) is 10.8. The van der Waals surface area contributed by atoms with Crippen molar-refractivity contribution in [3.05, 3.63) is 59.9 Å². The van der Waals surface area contributed by atoms with E-state index < -0.39 is 0 Å². The van der Waals surface area contributed by atoms with Crippen LogP contribution in [0.25, 0.3) is 6.08 Å². The number of hydrogen-bond donors (Lipinski definition) is 0. The lowest BCUT2D eigenvalue weighted by molar-refractivity contribution is 0.104. The van der Waals surface area contributed by atoms with Crippen LogP contribution >= 0.6 is 0 Å². The van der Waals surface area contributed by atoms with Crippen LogP contribution in [-0.2, 0) is 0 Å². The summed E-state index contributed by atoms with van der Waals surface area (Å²) < 4.78 is 10.9. The van der Waals surface area contributed by atoms with E-state index in [9.17, 15) is 4.79 Å². The molecule has 0 N–H and O–H groups in total. The average Bonchev–Trinajstić information content (AvgIpc) is 2.58. The van der Waals surface area contributed by atoms with Gasteiger partial charge in [0.25, 0.3) is 0 Å². The summed E-state index contributed by atoms with van der Waals surface area (Å²) in [7, 11) is 1.61. The summed E-state index contributed by atoms with van der Waals surface area (Å²) in [4.78, 5) is 16.0. The van der Waals surface area contributed by atoms with Gasteiger partial charge >= 0.3 is 0 Å². The smallest absolute Gasteiger partial charge is 0.204 e. The highest BCUT2D eigenvalue weighted by Gasteiger charge is 2.05. The fourth-order valence-electron chi connectivity index (χ4n) is 1.89. The predicted octanol–water partition coefficient (Wildman–Crippen LogP) is 3.78. The molecule has 4 nitrogen and oxygen atoms in total. The lowest BCUT2D eigenvalue weighted by Crippen LogP contribution is -1.98. The summed E-state index contributed by atoms with van der Waals surface area (Å²) in [5.74, 6) is 1.23. The molecule has 0 spiro atoms. The van der Waals surface area contributed by atoms with E-state index in [0.29, 0.717) is 23.8 Å². The molecule has 0 fully saturated rings. The Morgan fingerprint density at radius 3 is 2.77 bits per heavy atom. The number of nitrogens with zero attached hydrogens (tertiary/aromatic N) is 1. The molecule has 0 atom stereocenters. The van der Waals surface area contributed by atoms with E-state index in [1.54, 1.807) is 37.6 Å². The van der Waals surface area contributed by atoms with E-state index >= 15 is 0 Å². The monoisotopic (exact) mass is 297 g/mol. The molecule has 0 saturated heterocycles. The molecule has 0 radical (unpaired) electrons. The lowest BCUT2D eigenvalue weighted by atomic mass is 10.1. The van der Waals surface area contributed by atoms with Gasteiger partial charge in [-0.2, -0.15) is 0 Å². The zero-order chi connectivity index (χ0) is 15.8. The third-order valence-electron chi connectivity index (χ3n) is 2.99. The molecule has 0 bridgehead atoms. The zero-order valence-electron chi connectivity index (χ0n) is 12.8. The molecule has 4 heteroatoms. The number of pyridine rings is 1. The molecule has 2 aromatic rings. The van der Waals surface area contributed by atoms with Gasteiger partial charge in [-0.25, -0.2) is 0 Å². The van der Waals surface area contributed by atoms with Gasteiger partial charge in [-0.1, -0.05) is 25.1 Å². The molecule has 1 aromatic heterocycles. The molecule has 0 aliphatic heterocycles. The molecule has 0 aliphatic carbocycles. The van der Waals surface area contributed by atoms with Gasteiger partial charge in [0.15, 0.2) is 11.5 Å². The van der Waals surface area contributed by atoms with Crippen LogP contribution in [0.3, 0.4) is 0 Å². The van der Waals surface area contributed by atoms with Gasteiger partial charge in [0, 0.05) is 6.20 Å². The number of ketones is 1. The van der Waals surface area contributed by atoms with Crippen molar-refractivity contribution in [1.29, 1.82) is 0 Å². The van der Waals surface area contributed by atoms with Gasteiger partial charge in [-0.05, 0) is 42.3 Å². The molecule has 2 rings (SSSR count). The van der Waals surface area contributed by atoms with Gasteiger partial charge in [0.1, 0.15) is 5.69 Å². The highest BCUT2D eigenvalue weighted by molar-refractivity contribution is 6.05. The van der Waals surface area contributed by atoms with E-state index in [-0.39, 0.29) is 5.78 Å². The molecule has 1 heterocycles. The number of carbonyl (C=O) groups is 1. The maximum absolute atomic E-state index is 12.0. The Labute approximate surface area is 130 Å². The molecule has 22 heavy (non-hydrogen) atoms. The minimum atomic E-state index is -0.132. The molecule has 0 amide bonds. The summed E-state index contributed by atoms with van der Waals surface area (Å²) in [5.41, 5.74) is 1.30. The molecule has 114 valence electrons. The molecular formula is C18H19NO3. The third kappa shape index (κ3) is 4.19. The molecule has 0 aliphatic rings. The maximum atomic E-state index is 12.0. The van der Waals surface area contributed by atoms with Crippen molar-refractivity contribution in [2.75, 3.05) is 13.7 Å². The van der Waals surface area contributed by atoms with Crippen molar-refractivity contribution in [2.45, 2.75) is 13.3 Å². The largest absolute Gasteiger partial charge is 0.493 e. The Morgan fingerprint density at radius 1 is 1.23 bits per heavy atom. The number of ether oxygens (including phenoxy) is 2. The molecule has 0 unspecified atom stereocenters. The first-order chi connectivity index (χ1) is 10.7. The first-order valence-corrected chi connectivity index (χ1v) is 7.19. The summed E-state index contributed by atoms with van der Waals surface area (Å²) in [6.45, 7) is 2.66. The normalized spacial score (nSPS) is 10.6. The number of hydrogen-bond acceptors (Lipinski definition) is 4. The molecule has 1 aromatic carbocycles. The summed E-state index contributed by atoms with van der Waals surface area (Å²) >= 11 is 0. The highest BCUT2D eigenvalue weighted by atomic mass is 16.5. The third-order valence-corrected chi connectivity index (χ3v) is 2.99. The Kier molecular flexibility index (Phi) is 5.72. The van der Waals surface area contributed by atoms with Gasteiger partial charge < -0.3 is 9.47 Å². The minimum Gasteiger partial charge on any atom is -0.493 e. The number of allylic oxidation sites excluding steroid dienone is 1. The molecular weight excluding hydrogens is 278 g/mol. The van der Waals surface area contributed by atoms with Crippen LogP contribution in [-0.4, -0.2) is 24.5 Å². The quantitative estimate of drug-likeness (QED) is 0.576. The van der Waals surface area contributed by atoms with Crippen molar-refractivity contribution in [1.82, 2.24) is 4.98 Å². The van der Waals surface area contributed by atoms with Crippen LogP contribution in [0.15, 0.2) is 48.7 Å². The van der Waals surface area contributed by atoms with Crippen LogP contribution < -0.4 is 9.47 Å². The van der Waals surface area contributed by atoms with Gasteiger partial charge in [-0.15, -0.1) is 0 Å². The van der Waals surface area contributed by atoms with Crippen molar-refractivity contribution >= 4 is 11.9 Å². The van der Waals surface area contributed by atoms with Crippen molar-refractivity contribution in [3.8, 4) is 11.5 Å². The first-order valence-electron chi connectivity index (χ1n) is 7.19. The van der Waals surface area contributed by atoms with Crippen molar-refractivity contribution in [2.24, 2.45) is 0 Å². The number of benzene rings is 1. The van der Waals surface area contributed by atoms with Crippen LogP contribution in [0, 0.1) is 0 Å². The van der Waals surface area contributed by atoms with Crippen molar-refractivity contribution in [3.63, 3.8) is 0 Å². The lowest BCUT2D eigenvalue weighted by Gasteiger charge is -2.10. The zero-order valence-corrected chi connectivity index (χ0v) is 12.8. The van der Waals surface area contributed by atoms with Crippen LogP contribution in [0.5, 0.6) is 11.5 Å². The Balaban J connectivity index is 2.15. The second kappa shape index (κ2) is 7.98. The number of rotatable bonds is 7. The Morgan fingerprint density at radius 2 is 2.09 bits per heavy atom. The second-order valence-corrected chi connectivity index (χ2v) is 4.67. The topological polar surface area (TPSA) is 48.4 Å². The predicted molar refractivity (Wildman–Crippen MR) is 86.4 cm³/mol. The van der Waals surface area contributed by atoms with E-state index in [2.05, 4.69) is 4.98 Å². The second-order valence-electron chi connectivity index (χ2n) is 4.67. The Bertz CT molecular complexity index is 651. The van der Waals surface area contributed by atoms with Crippen LogP contribution in [0.2, 0.25) is 0 Å². The fraction of sp³-hybridized carbons (Fsp3) is 0.222. The van der Waals surface area contributed by atoms with Gasteiger partial charge in [0.2, 0.25) is 5.78 Å². The van der Waals surface area contributed by atoms with Gasteiger partial charge in [-0.3, -0.25) is 9.78 Å². The Hall–Kier alpha value is -2.62. The fourth-order valence-corrected chi connectivity index (χ4v) is 1.89. The number of aromatic nitrogens is 1. The minimum absolute atomic E-state index is 0.132. The molecule has 0 saturated carbocycles. The highest BCUT2D eigenvalue weighted by Crippen LogP contribution is 2.28. The van der Waals surface area contributed by atoms with E-state index in [4.69, 9.17) is 9.47 Å². The van der Waals surface area contributed by atoms with E-state index in [1.165, 1.54) is 6.08 Å². The standard InChI is InChI=1S/C18H19NO3/c1-3-12-22-18-13-14(8-10-17(18)21-2)7-9-16(20)15-6-4-5-11-19-15/h4-11,13H,3,12H2,1-2H3/b9-7+. The number of carbonyl (C=O) groups excluding carboxylic acids is 1. The number of methoxy groups -OCH3 is 1. The van der Waals surface area contributed by atoms with Gasteiger partial charge in [0.05, 0.1) is 13.7 Å². The van der Waals surface area contributed by atoms with Crippen LogP contribution in [0.4, 0.5) is 0 Å². The van der Waals surface area contributed by atoms with Crippen LogP contribution in [0.1, 0.15) is 29.4 Å². The SMILES string of the molecule is CCCOc1cc(/C=C/C(=O)c2ccccn2)ccc1OC. The first kappa shape index (κ1) is 15.8. The maximum Gasteiger partial charge on any atom is 0.204 e. The van der Waals surface area contributed by atoms with Crippen molar-refractivity contribution < 1.29 is 14.3 Å². The average molecular weight is 297 g/mol. The van der Waals surface area contributed by atoms with E-state index in [1.807, 2.05) is 25.1 Å². The summed E-state index contributed by atoms with van der Waals surface area (Å²) in [5, 5.41) is 0. The summed E-state index contributed by atoms with van der Waals surface area (Å²) in [6.07, 6.45) is 5.77. The van der Waals surface area contributed by atoms with E-state index in [0.717, 1.165) is 12.0 Å².